The normalized spacial score (nSPS) is 11.4. The Balaban J connectivity index is 1.42. The van der Waals surface area contributed by atoms with Crippen molar-refractivity contribution in [1.82, 2.24) is 15.6 Å². The Hall–Kier alpha value is -4.45. The maximum absolute atomic E-state index is 13.0. The second kappa shape index (κ2) is 12.3. The zero-order chi connectivity index (χ0) is 25.2. The molecule has 4 aromatic rings. The number of hydrogen-bond donors (Lipinski definition) is 2. The zero-order valence-electron chi connectivity index (χ0n) is 20.2. The number of aromatic nitrogens is 1. The highest BCUT2D eigenvalue weighted by atomic mass is 16.6. The van der Waals surface area contributed by atoms with Crippen molar-refractivity contribution in [3.8, 4) is 11.1 Å². The van der Waals surface area contributed by atoms with Gasteiger partial charge in [-0.2, -0.15) is 0 Å². The third-order valence-corrected chi connectivity index (χ3v) is 5.88. The number of pyridine rings is 1. The van der Waals surface area contributed by atoms with Crippen molar-refractivity contribution >= 4 is 12.0 Å². The molecule has 1 atom stereocenters. The summed E-state index contributed by atoms with van der Waals surface area (Å²) in [5.74, 6) is -0.145. The first-order chi connectivity index (χ1) is 17.6. The van der Waals surface area contributed by atoms with Crippen LogP contribution in [0.2, 0.25) is 0 Å². The maximum Gasteiger partial charge on any atom is 0.408 e. The maximum atomic E-state index is 13.0. The van der Waals surface area contributed by atoms with Crippen molar-refractivity contribution in [2.45, 2.75) is 26.0 Å². The number of alkyl carbamates (subject to hydrolysis) is 1. The third kappa shape index (κ3) is 6.57. The van der Waals surface area contributed by atoms with Crippen LogP contribution in [0.4, 0.5) is 4.79 Å². The van der Waals surface area contributed by atoms with E-state index in [2.05, 4.69) is 15.6 Å². The molecule has 36 heavy (non-hydrogen) atoms. The lowest BCUT2D eigenvalue weighted by Gasteiger charge is -2.16. The van der Waals surface area contributed by atoms with Gasteiger partial charge in [-0.3, -0.25) is 9.78 Å². The molecule has 3 aromatic carbocycles. The summed E-state index contributed by atoms with van der Waals surface area (Å²) in [6, 6.07) is 28.7. The van der Waals surface area contributed by atoms with Gasteiger partial charge in [0, 0.05) is 31.0 Å². The molecule has 0 fully saturated rings. The molecule has 1 heterocycles. The number of hydrogen-bond acceptors (Lipinski definition) is 4. The number of benzene rings is 3. The fourth-order valence-corrected chi connectivity index (χ4v) is 3.98. The molecule has 182 valence electrons. The van der Waals surface area contributed by atoms with Gasteiger partial charge in [-0.25, -0.2) is 4.79 Å². The average Bonchev–Trinajstić information content (AvgIpc) is 2.93. The largest absolute Gasteiger partial charge is 0.442 e. The summed E-state index contributed by atoms with van der Waals surface area (Å²) in [6.45, 7) is 2.62. The molecular formula is C30H29N3O3. The van der Waals surface area contributed by atoms with Crippen LogP contribution in [0.1, 0.15) is 40.1 Å². The minimum atomic E-state index is -0.498. The molecule has 6 heteroatoms. The molecule has 0 bridgehead atoms. The summed E-state index contributed by atoms with van der Waals surface area (Å²) >= 11 is 0. The van der Waals surface area contributed by atoms with Crippen LogP contribution < -0.4 is 10.6 Å². The van der Waals surface area contributed by atoms with Crippen molar-refractivity contribution in [3.05, 3.63) is 126 Å². The predicted molar refractivity (Wildman–Crippen MR) is 140 cm³/mol. The summed E-state index contributed by atoms with van der Waals surface area (Å²) in [4.78, 5) is 29.6. The van der Waals surface area contributed by atoms with Crippen LogP contribution in [-0.4, -0.2) is 23.5 Å². The first-order valence-electron chi connectivity index (χ1n) is 12.0. The summed E-state index contributed by atoms with van der Waals surface area (Å²) in [7, 11) is 0. The predicted octanol–water partition coefficient (Wildman–Crippen LogP) is 5.71. The molecule has 0 aliphatic rings. The van der Waals surface area contributed by atoms with Crippen molar-refractivity contribution in [1.29, 1.82) is 0 Å². The number of rotatable bonds is 9. The molecule has 0 aliphatic carbocycles. The van der Waals surface area contributed by atoms with Gasteiger partial charge in [-0.15, -0.1) is 0 Å². The van der Waals surface area contributed by atoms with Gasteiger partial charge < -0.3 is 15.4 Å². The molecule has 0 unspecified atom stereocenters. The van der Waals surface area contributed by atoms with Crippen LogP contribution in [0.25, 0.3) is 11.1 Å². The summed E-state index contributed by atoms with van der Waals surface area (Å²) in [6.07, 6.45) is 3.37. The highest BCUT2D eigenvalue weighted by Gasteiger charge is 2.16. The van der Waals surface area contributed by atoms with E-state index in [1.807, 2.05) is 97.9 Å². The molecule has 2 N–H and O–H groups in total. The van der Waals surface area contributed by atoms with Crippen molar-refractivity contribution in [2.75, 3.05) is 6.54 Å². The highest BCUT2D eigenvalue weighted by molar-refractivity contribution is 6.01. The molecule has 6 nitrogen and oxygen atoms in total. The Morgan fingerprint density at radius 3 is 2.33 bits per heavy atom. The number of amides is 2. The molecular weight excluding hydrogens is 450 g/mol. The van der Waals surface area contributed by atoms with E-state index in [1.165, 1.54) is 0 Å². The van der Waals surface area contributed by atoms with Crippen LogP contribution in [0.5, 0.6) is 0 Å². The molecule has 4 rings (SSSR count). The van der Waals surface area contributed by atoms with E-state index in [0.717, 1.165) is 27.8 Å². The Bertz CT molecular complexity index is 1290. The highest BCUT2D eigenvalue weighted by Crippen LogP contribution is 2.27. The van der Waals surface area contributed by atoms with Gasteiger partial charge in [-0.1, -0.05) is 78.9 Å². The smallest absolute Gasteiger partial charge is 0.408 e. The summed E-state index contributed by atoms with van der Waals surface area (Å²) in [5, 5.41) is 5.85. The molecule has 1 aromatic heterocycles. The van der Waals surface area contributed by atoms with Gasteiger partial charge in [0.15, 0.2) is 0 Å². The first-order valence-corrected chi connectivity index (χ1v) is 12.0. The molecule has 0 radical (unpaired) electrons. The van der Waals surface area contributed by atoms with E-state index in [9.17, 15) is 9.59 Å². The Morgan fingerprint density at radius 1 is 0.833 bits per heavy atom. The second-order valence-electron chi connectivity index (χ2n) is 8.38. The van der Waals surface area contributed by atoms with Gasteiger partial charge in [0.25, 0.3) is 5.91 Å². The molecule has 0 saturated carbocycles. The summed E-state index contributed by atoms with van der Waals surface area (Å²) < 4.78 is 5.53. The van der Waals surface area contributed by atoms with Gasteiger partial charge in [0.05, 0.1) is 0 Å². The number of carbonyl (C=O) groups is 2. The lowest BCUT2D eigenvalue weighted by atomic mass is 9.95. The number of nitrogens with zero attached hydrogens (tertiary/aromatic N) is 1. The van der Waals surface area contributed by atoms with Crippen LogP contribution in [0, 0.1) is 0 Å². The van der Waals surface area contributed by atoms with Crippen molar-refractivity contribution in [2.24, 2.45) is 0 Å². The quantitative estimate of drug-likeness (QED) is 0.322. The van der Waals surface area contributed by atoms with E-state index in [-0.39, 0.29) is 18.6 Å². The van der Waals surface area contributed by atoms with E-state index < -0.39 is 6.09 Å². The second-order valence-corrected chi connectivity index (χ2v) is 8.38. The molecule has 0 saturated heterocycles. The third-order valence-electron chi connectivity index (χ3n) is 5.88. The fourth-order valence-electron chi connectivity index (χ4n) is 3.98. The van der Waals surface area contributed by atoms with Gasteiger partial charge >= 0.3 is 6.09 Å². The van der Waals surface area contributed by atoms with E-state index in [4.69, 9.17) is 4.74 Å². The minimum Gasteiger partial charge on any atom is -0.442 e. The number of ether oxygens (including phenoxy) is 1. The van der Waals surface area contributed by atoms with Crippen LogP contribution in [0.15, 0.2) is 103 Å². The van der Waals surface area contributed by atoms with Crippen LogP contribution >= 0.6 is 0 Å². The van der Waals surface area contributed by atoms with Gasteiger partial charge in [0.1, 0.15) is 6.10 Å². The lowest BCUT2D eigenvalue weighted by molar-refractivity contribution is 0.0954. The van der Waals surface area contributed by atoms with Crippen molar-refractivity contribution in [3.63, 3.8) is 0 Å². The van der Waals surface area contributed by atoms with E-state index in [0.29, 0.717) is 18.5 Å². The van der Waals surface area contributed by atoms with Gasteiger partial charge in [-0.05, 0) is 53.3 Å². The van der Waals surface area contributed by atoms with E-state index >= 15 is 0 Å². The molecule has 2 amide bonds. The minimum absolute atomic E-state index is 0.145. The molecule has 0 aliphatic heterocycles. The van der Waals surface area contributed by atoms with Crippen molar-refractivity contribution < 1.29 is 14.3 Å². The standard InChI is InChI=1S/C30H29N3O3/c1-22(24-11-3-2-4-12-24)36-30(35)33-21-25-13-5-6-14-26(25)27-15-7-8-16-28(27)29(34)32-19-17-23-10-9-18-31-20-23/h2-16,18,20,22H,17,19,21H2,1H3,(H,32,34)(H,33,35)/t22-/m0/s1. The molecule has 0 spiro atoms. The Labute approximate surface area is 211 Å². The number of nitrogens with one attached hydrogen (secondary N) is 2. The number of carbonyl (C=O) groups excluding carboxylic acids is 2. The first kappa shape index (κ1) is 24.7. The van der Waals surface area contributed by atoms with Gasteiger partial charge in [0.2, 0.25) is 0 Å². The SMILES string of the molecule is C[C@H](OC(=O)NCc1ccccc1-c1ccccc1C(=O)NCCc1cccnc1)c1ccccc1. The van der Waals surface area contributed by atoms with Crippen LogP contribution in [-0.2, 0) is 17.7 Å². The summed E-state index contributed by atoms with van der Waals surface area (Å²) in [5.41, 5.74) is 5.15. The zero-order valence-corrected chi connectivity index (χ0v) is 20.2. The lowest BCUT2D eigenvalue weighted by Crippen LogP contribution is -2.26. The fraction of sp³-hybridized carbons (Fsp3) is 0.167. The Kier molecular flexibility index (Phi) is 8.44. The monoisotopic (exact) mass is 479 g/mol. The topological polar surface area (TPSA) is 80.3 Å². The van der Waals surface area contributed by atoms with E-state index in [1.54, 1.807) is 12.4 Å². The average molecular weight is 480 g/mol. The van der Waals surface area contributed by atoms with Crippen LogP contribution in [0.3, 0.4) is 0 Å². The Morgan fingerprint density at radius 2 is 1.56 bits per heavy atom.